The van der Waals surface area contributed by atoms with E-state index < -0.39 is 0 Å². The Labute approximate surface area is 155 Å². The summed E-state index contributed by atoms with van der Waals surface area (Å²) in [6.45, 7) is 9.37. The molecule has 1 saturated heterocycles. The highest BCUT2D eigenvalue weighted by Gasteiger charge is 2.25. The van der Waals surface area contributed by atoms with Crippen molar-refractivity contribution >= 4 is 0 Å². The van der Waals surface area contributed by atoms with Gasteiger partial charge in [-0.3, -0.25) is 0 Å². The fraction of sp³-hybridized carbons (Fsp3) is 0.429. The number of hydrogen-bond acceptors (Lipinski definition) is 3. The Morgan fingerprint density at radius 1 is 0.885 bits per heavy atom. The van der Waals surface area contributed by atoms with E-state index in [-0.39, 0.29) is 6.79 Å². The third-order valence-corrected chi connectivity index (χ3v) is 5.41. The Kier molecular flexibility index (Phi) is 5.00. The van der Waals surface area contributed by atoms with E-state index >= 15 is 0 Å². The van der Waals surface area contributed by atoms with Crippen molar-refractivity contribution in [2.24, 2.45) is 0 Å². The lowest BCUT2D eigenvalue weighted by Crippen LogP contribution is -3.27. The monoisotopic (exact) mass is 356 g/mol. The minimum atomic E-state index is 0.281. The number of benzene rings is 2. The van der Waals surface area contributed by atoms with E-state index in [4.69, 9.17) is 14.2 Å². The van der Waals surface area contributed by atoms with Crippen LogP contribution in [0.4, 0.5) is 0 Å². The Morgan fingerprint density at radius 2 is 1.54 bits per heavy atom. The summed E-state index contributed by atoms with van der Waals surface area (Å²) in [4.78, 5) is 3.31. The summed E-state index contributed by atoms with van der Waals surface area (Å²) in [7, 11) is 1.68. The molecule has 5 heteroatoms. The van der Waals surface area contributed by atoms with Crippen LogP contribution in [0.1, 0.15) is 16.7 Å². The maximum absolute atomic E-state index is 5.55. The Morgan fingerprint density at radius 3 is 2.19 bits per heavy atom. The van der Waals surface area contributed by atoms with Crippen molar-refractivity contribution in [1.29, 1.82) is 0 Å². The first-order valence-corrected chi connectivity index (χ1v) is 9.40. The molecule has 0 aromatic heterocycles. The van der Waals surface area contributed by atoms with Crippen molar-refractivity contribution in [2.45, 2.75) is 20.0 Å². The van der Waals surface area contributed by atoms with Gasteiger partial charge in [0.1, 0.15) is 39.3 Å². The van der Waals surface area contributed by atoms with Crippen LogP contribution in [-0.2, 0) is 13.1 Å². The first-order chi connectivity index (χ1) is 12.7. The molecular weight excluding hydrogens is 328 g/mol. The van der Waals surface area contributed by atoms with Crippen LogP contribution in [0.15, 0.2) is 36.4 Å². The van der Waals surface area contributed by atoms with Crippen LogP contribution in [0.2, 0.25) is 0 Å². The van der Waals surface area contributed by atoms with Crippen LogP contribution in [-0.4, -0.2) is 40.1 Å². The number of hydrogen-bond donors (Lipinski definition) is 2. The lowest BCUT2D eigenvalue weighted by Gasteiger charge is -2.30. The van der Waals surface area contributed by atoms with Gasteiger partial charge < -0.3 is 24.0 Å². The van der Waals surface area contributed by atoms with Gasteiger partial charge in [-0.25, -0.2) is 0 Å². The highest BCUT2D eigenvalue weighted by atomic mass is 16.7. The van der Waals surface area contributed by atoms with Gasteiger partial charge in [0.15, 0.2) is 11.5 Å². The topological polar surface area (TPSA) is 36.6 Å². The molecule has 2 aromatic carbocycles. The average Bonchev–Trinajstić information content (AvgIpc) is 3.13. The zero-order valence-electron chi connectivity index (χ0n) is 15.6. The third kappa shape index (κ3) is 3.79. The molecule has 0 aliphatic carbocycles. The van der Waals surface area contributed by atoms with Gasteiger partial charge in [0, 0.05) is 11.1 Å². The number of fused-ring (bicyclic) bond motifs is 1. The number of ether oxygens (including phenoxy) is 3. The van der Waals surface area contributed by atoms with Crippen LogP contribution < -0.4 is 24.0 Å². The van der Waals surface area contributed by atoms with Crippen LogP contribution >= 0.6 is 0 Å². The molecule has 0 bridgehead atoms. The summed E-state index contributed by atoms with van der Waals surface area (Å²) < 4.78 is 16.5. The number of piperazine rings is 1. The zero-order valence-corrected chi connectivity index (χ0v) is 15.6. The first-order valence-electron chi connectivity index (χ1n) is 9.40. The van der Waals surface area contributed by atoms with Crippen molar-refractivity contribution in [2.75, 3.05) is 40.1 Å². The van der Waals surface area contributed by atoms with Crippen molar-refractivity contribution in [3.8, 4) is 17.2 Å². The molecule has 2 aliphatic heterocycles. The van der Waals surface area contributed by atoms with E-state index in [1.807, 2.05) is 0 Å². The number of nitrogens with one attached hydrogen (secondary N) is 2. The summed E-state index contributed by atoms with van der Waals surface area (Å²) in [5, 5.41) is 0. The molecule has 0 unspecified atom stereocenters. The largest absolute Gasteiger partial charge is 0.493 e. The Balaban J connectivity index is 1.33. The fourth-order valence-corrected chi connectivity index (χ4v) is 3.88. The highest BCUT2D eigenvalue weighted by Crippen LogP contribution is 2.41. The zero-order chi connectivity index (χ0) is 17.9. The van der Waals surface area contributed by atoms with Crippen LogP contribution in [0.25, 0.3) is 0 Å². The van der Waals surface area contributed by atoms with Crippen molar-refractivity contribution in [1.82, 2.24) is 0 Å². The summed E-state index contributed by atoms with van der Waals surface area (Å²) in [6.07, 6.45) is 0. The third-order valence-electron chi connectivity index (χ3n) is 5.41. The Hall–Kier alpha value is -2.24. The molecule has 1 fully saturated rings. The summed E-state index contributed by atoms with van der Waals surface area (Å²) in [6, 6.07) is 13.1. The van der Waals surface area contributed by atoms with Gasteiger partial charge in [-0.2, -0.15) is 0 Å². The maximum Gasteiger partial charge on any atom is 0.231 e. The predicted molar refractivity (Wildman–Crippen MR) is 99.1 cm³/mol. The fourth-order valence-electron chi connectivity index (χ4n) is 3.88. The van der Waals surface area contributed by atoms with Gasteiger partial charge in [0.25, 0.3) is 0 Å². The van der Waals surface area contributed by atoms with Crippen molar-refractivity contribution in [3.05, 3.63) is 53.1 Å². The van der Waals surface area contributed by atoms with Gasteiger partial charge in [0.2, 0.25) is 12.5 Å². The second-order valence-electron chi connectivity index (χ2n) is 7.37. The first kappa shape index (κ1) is 17.2. The molecule has 2 N–H and O–H groups in total. The molecule has 2 aromatic rings. The maximum atomic E-state index is 5.55. The molecule has 2 aliphatic rings. The second-order valence-corrected chi connectivity index (χ2v) is 7.37. The molecular formula is C21H28N2O3+2. The van der Waals surface area contributed by atoms with Crippen LogP contribution in [0.3, 0.4) is 0 Å². The molecule has 0 saturated carbocycles. The van der Waals surface area contributed by atoms with E-state index in [1.54, 1.807) is 16.9 Å². The van der Waals surface area contributed by atoms with E-state index in [0.717, 1.165) is 30.3 Å². The number of rotatable bonds is 5. The smallest absolute Gasteiger partial charge is 0.231 e. The number of aryl methyl sites for hydroxylation is 1. The van der Waals surface area contributed by atoms with Crippen molar-refractivity contribution < 1.29 is 24.0 Å². The molecule has 26 heavy (non-hydrogen) atoms. The number of quaternary nitrogens is 2. The summed E-state index contributed by atoms with van der Waals surface area (Å²) in [5.74, 6) is 2.32. The lowest BCUT2D eigenvalue weighted by molar-refractivity contribution is -1.02. The normalized spacial score (nSPS) is 21.6. The van der Waals surface area contributed by atoms with Crippen LogP contribution in [0.5, 0.6) is 17.2 Å². The standard InChI is InChI=1S/C21H26N2O3/c1-16-3-5-17(6-4-16)13-22-7-9-23(10-8-22)14-18-11-19(24-2)21-20(12-18)25-15-26-21/h3-6,11-12H,7-10,13-15H2,1-2H3/p+2. The molecule has 0 spiro atoms. The van der Waals surface area contributed by atoms with Crippen molar-refractivity contribution in [3.63, 3.8) is 0 Å². The van der Waals surface area contributed by atoms with E-state index in [0.29, 0.717) is 0 Å². The van der Waals surface area contributed by atoms with Gasteiger partial charge >= 0.3 is 0 Å². The summed E-state index contributed by atoms with van der Waals surface area (Å²) in [5.41, 5.74) is 4.02. The second kappa shape index (κ2) is 7.56. The quantitative estimate of drug-likeness (QED) is 0.805. The predicted octanol–water partition coefficient (Wildman–Crippen LogP) is 0.216. The average molecular weight is 356 g/mol. The summed E-state index contributed by atoms with van der Waals surface area (Å²) >= 11 is 0. The molecule has 4 rings (SSSR count). The highest BCUT2D eigenvalue weighted by molar-refractivity contribution is 5.54. The molecule has 5 nitrogen and oxygen atoms in total. The minimum absolute atomic E-state index is 0.281. The van der Waals surface area contributed by atoms with E-state index in [9.17, 15) is 0 Å². The number of methoxy groups -OCH3 is 1. The lowest BCUT2D eigenvalue weighted by atomic mass is 10.1. The Bertz CT molecular complexity index is 753. The molecule has 0 radical (unpaired) electrons. The molecule has 0 amide bonds. The SMILES string of the molecule is COc1cc(C[NH+]2CC[NH+](Cc3ccc(C)cc3)CC2)cc2c1OCO2. The van der Waals surface area contributed by atoms with E-state index in [1.165, 1.54) is 42.9 Å². The van der Waals surface area contributed by atoms with Gasteiger partial charge in [-0.15, -0.1) is 0 Å². The molecule has 138 valence electrons. The van der Waals surface area contributed by atoms with E-state index in [2.05, 4.69) is 43.3 Å². The van der Waals surface area contributed by atoms with Crippen LogP contribution in [0, 0.1) is 6.92 Å². The molecule has 0 atom stereocenters. The van der Waals surface area contributed by atoms with Gasteiger partial charge in [-0.1, -0.05) is 29.8 Å². The molecule has 2 heterocycles. The van der Waals surface area contributed by atoms with Gasteiger partial charge in [0.05, 0.1) is 7.11 Å². The van der Waals surface area contributed by atoms with Gasteiger partial charge in [-0.05, 0) is 19.1 Å². The minimum Gasteiger partial charge on any atom is -0.493 e.